The molecule has 1 rings (SSSR count). The van der Waals surface area contributed by atoms with Crippen molar-refractivity contribution in [2.45, 2.75) is 6.92 Å². The SMILES string of the molecule is CCOC(=O)C#Cc1ccc(OC)c(C(=O)O)c1. The molecule has 0 bridgehead atoms. The molecule has 0 radical (unpaired) electrons. The number of rotatable bonds is 3. The highest BCUT2D eigenvalue weighted by atomic mass is 16.5. The molecule has 1 aromatic carbocycles. The van der Waals surface area contributed by atoms with E-state index >= 15 is 0 Å². The van der Waals surface area contributed by atoms with Crippen molar-refractivity contribution >= 4 is 11.9 Å². The van der Waals surface area contributed by atoms with Gasteiger partial charge in [-0.2, -0.15) is 0 Å². The Kier molecular flexibility index (Phi) is 4.76. The number of hydrogen-bond donors (Lipinski definition) is 1. The second kappa shape index (κ2) is 6.30. The van der Waals surface area contributed by atoms with Gasteiger partial charge in [0, 0.05) is 11.5 Å². The molecule has 0 fully saturated rings. The molecule has 0 amide bonds. The van der Waals surface area contributed by atoms with Crippen LogP contribution in [0.3, 0.4) is 0 Å². The maximum absolute atomic E-state index is 11.0. The van der Waals surface area contributed by atoms with E-state index in [1.165, 1.54) is 19.2 Å². The minimum absolute atomic E-state index is 0.00633. The lowest BCUT2D eigenvalue weighted by molar-refractivity contribution is -0.136. The summed E-state index contributed by atoms with van der Waals surface area (Å²) < 4.78 is 9.54. The van der Waals surface area contributed by atoms with E-state index in [0.717, 1.165) is 0 Å². The fourth-order valence-corrected chi connectivity index (χ4v) is 1.24. The van der Waals surface area contributed by atoms with Crippen molar-refractivity contribution in [1.82, 2.24) is 0 Å². The fourth-order valence-electron chi connectivity index (χ4n) is 1.24. The maximum atomic E-state index is 11.0. The predicted octanol–water partition coefficient (Wildman–Crippen LogP) is 1.31. The summed E-state index contributed by atoms with van der Waals surface area (Å²) in [5.74, 6) is 3.26. The number of aromatic carboxylic acids is 1. The summed E-state index contributed by atoms with van der Waals surface area (Å²) in [6, 6.07) is 4.39. The first-order valence-electron chi connectivity index (χ1n) is 5.18. The largest absolute Gasteiger partial charge is 0.496 e. The van der Waals surface area contributed by atoms with Crippen LogP contribution in [0.4, 0.5) is 0 Å². The number of carboxylic acid groups (broad SMARTS) is 1. The van der Waals surface area contributed by atoms with E-state index in [0.29, 0.717) is 5.56 Å². The van der Waals surface area contributed by atoms with Crippen LogP contribution in [-0.4, -0.2) is 30.8 Å². The first-order chi connectivity index (χ1) is 8.58. The molecular formula is C13H12O5. The Hall–Kier alpha value is -2.48. The average molecular weight is 248 g/mol. The molecule has 18 heavy (non-hydrogen) atoms. The molecule has 0 saturated carbocycles. The van der Waals surface area contributed by atoms with E-state index < -0.39 is 11.9 Å². The number of carboxylic acids is 1. The molecule has 0 spiro atoms. The van der Waals surface area contributed by atoms with E-state index in [4.69, 9.17) is 9.84 Å². The maximum Gasteiger partial charge on any atom is 0.384 e. The summed E-state index contributed by atoms with van der Waals surface area (Å²) in [6.45, 7) is 1.92. The minimum atomic E-state index is -1.12. The number of hydrogen-bond acceptors (Lipinski definition) is 4. The summed E-state index contributed by atoms with van der Waals surface area (Å²) in [4.78, 5) is 22.0. The van der Waals surface area contributed by atoms with Crippen LogP contribution in [0.1, 0.15) is 22.8 Å². The number of carbonyl (C=O) groups is 2. The topological polar surface area (TPSA) is 72.8 Å². The monoisotopic (exact) mass is 248 g/mol. The fraction of sp³-hybridized carbons (Fsp3) is 0.231. The van der Waals surface area contributed by atoms with Gasteiger partial charge in [0.15, 0.2) is 0 Å². The van der Waals surface area contributed by atoms with E-state index in [1.54, 1.807) is 13.0 Å². The van der Waals surface area contributed by atoms with Crippen molar-refractivity contribution in [1.29, 1.82) is 0 Å². The van der Waals surface area contributed by atoms with Crippen LogP contribution in [0.5, 0.6) is 5.75 Å². The smallest absolute Gasteiger partial charge is 0.384 e. The average Bonchev–Trinajstić information content (AvgIpc) is 2.36. The summed E-state index contributed by atoms with van der Waals surface area (Å²) in [5.41, 5.74) is 0.398. The minimum Gasteiger partial charge on any atom is -0.496 e. The third-order valence-corrected chi connectivity index (χ3v) is 2.01. The quantitative estimate of drug-likeness (QED) is 0.645. The normalized spacial score (nSPS) is 9.00. The van der Waals surface area contributed by atoms with Crippen LogP contribution in [0.2, 0.25) is 0 Å². The Morgan fingerprint density at radius 1 is 1.39 bits per heavy atom. The van der Waals surface area contributed by atoms with E-state index in [1.807, 2.05) is 0 Å². The van der Waals surface area contributed by atoms with Crippen LogP contribution in [0.15, 0.2) is 18.2 Å². The van der Waals surface area contributed by atoms with Crippen LogP contribution < -0.4 is 4.74 Å². The molecular weight excluding hydrogens is 236 g/mol. The third kappa shape index (κ3) is 3.52. The van der Waals surface area contributed by atoms with Gasteiger partial charge in [-0.3, -0.25) is 0 Å². The molecule has 0 aliphatic rings. The molecule has 1 N–H and O–H groups in total. The Balaban J connectivity index is 3.02. The molecule has 0 atom stereocenters. The summed E-state index contributed by atoms with van der Waals surface area (Å²) in [6.07, 6.45) is 0. The van der Waals surface area contributed by atoms with Gasteiger partial charge in [-0.25, -0.2) is 9.59 Å². The van der Waals surface area contributed by atoms with Gasteiger partial charge in [0.25, 0.3) is 0 Å². The molecule has 5 nitrogen and oxygen atoms in total. The molecule has 0 aliphatic carbocycles. The lowest BCUT2D eigenvalue weighted by atomic mass is 10.1. The van der Waals surface area contributed by atoms with Crippen LogP contribution >= 0.6 is 0 Å². The lowest BCUT2D eigenvalue weighted by Crippen LogP contribution is -2.01. The molecule has 0 aliphatic heterocycles. The Morgan fingerprint density at radius 2 is 2.11 bits per heavy atom. The van der Waals surface area contributed by atoms with E-state index in [2.05, 4.69) is 16.6 Å². The van der Waals surface area contributed by atoms with Crippen LogP contribution in [-0.2, 0) is 9.53 Å². The molecule has 0 saturated heterocycles. The van der Waals surface area contributed by atoms with Crippen LogP contribution in [0.25, 0.3) is 0 Å². The second-order valence-electron chi connectivity index (χ2n) is 3.19. The summed E-state index contributed by atoms with van der Waals surface area (Å²) in [7, 11) is 1.38. The number of carbonyl (C=O) groups excluding carboxylic acids is 1. The van der Waals surface area contributed by atoms with Crippen molar-refractivity contribution in [3.05, 3.63) is 29.3 Å². The number of esters is 1. The lowest BCUT2D eigenvalue weighted by Gasteiger charge is -2.04. The predicted molar refractivity (Wildman–Crippen MR) is 63.5 cm³/mol. The zero-order valence-electron chi connectivity index (χ0n) is 10.0. The molecule has 5 heteroatoms. The van der Waals surface area contributed by atoms with Crippen molar-refractivity contribution < 1.29 is 24.2 Å². The van der Waals surface area contributed by atoms with E-state index in [9.17, 15) is 9.59 Å². The van der Waals surface area contributed by atoms with Gasteiger partial charge < -0.3 is 14.6 Å². The molecule has 94 valence electrons. The highest BCUT2D eigenvalue weighted by Crippen LogP contribution is 2.19. The number of methoxy groups -OCH3 is 1. The van der Waals surface area contributed by atoms with Gasteiger partial charge >= 0.3 is 11.9 Å². The molecule has 1 aromatic rings. The number of ether oxygens (including phenoxy) is 2. The van der Waals surface area contributed by atoms with Gasteiger partial charge in [-0.1, -0.05) is 5.92 Å². The molecule has 0 unspecified atom stereocenters. The van der Waals surface area contributed by atoms with Gasteiger partial charge in [0.2, 0.25) is 0 Å². The summed E-state index contributed by atoms with van der Waals surface area (Å²) in [5, 5.41) is 8.96. The van der Waals surface area contributed by atoms with Crippen molar-refractivity contribution in [3.63, 3.8) is 0 Å². The highest BCUT2D eigenvalue weighted by molar-refractivity contribution is 5.92. The van der Waals surface area contributed by atoms with Crippen molar-refractivity contribution in [2.75, 3.05) is 13.7 Å². The van der Waals surface area contributed by atoms with Crippen LogP contribution in [0, 0.1) is 11.8 Å². The molecule has 0 aromatic heterocycles. The van der Waals surface area contributed by atoms with Gasteiger partial charge in [-0.15, -0.1) is 0 Å². The zero-order chi connectivity index (χ0) is 13.5. The van der Waals surface area contributed by atoms with Gasteiger partial charge in [0.1, 0.15) is 11.3 Å². The molecule has 0 heterocycles. The number of benzene rings is 1. The van der Waals surface area contributed by atoms with Crippen molar-refractivity contribution in [2.24, 2.45) is 0 Å². The highest BCUT2D eigenvalue weighted by Gasteiger charge is 2.10. The Labute approximate surface area is 104 Å². The first kappa shape index (κ1) is 13.6. The van der Waals surface area contributed by atoms with Gasteiger partial charge in [0.05, 0.1) is 13.7 Å². The second-order valence-corrected chi connectivity index (χ2v) is 3.19. The standard InChI is InChI=1S/C13H12O5/c1-3-18-12(14)7-5-9-4-6-11(17-2)10(8-9)13(15)16/h4,6,8H,3H2,1-2H3,(H,15,16). The Bertz CT molecular complexity index is 522. The van der Waals surface area contributed by atoms with E-state index in [-0.39, 0.29) is 17.9 Å². The van der Waals surface area contributed by atoms with Crippen molar-refractivity contribution in [3.8, 4) is 17.6 Å². The first-order valence-corrected chi connectivity index (χ1v) is 5.18. The Morgan fingerprint density at radius 3 is 2.67 bits per heavy atom. The summed E-state index contributed by atoms with van der Waals surface area (Å²) >= 11 is 0. The van der Waals surface area contributed by atoms with Gasteiger partial charge in [-0.05, 0) is 25.1 Å². The zero-order valence-corrected chi connectivity index (χ0v) is 10.0. The third-order valence-electron chi connectivity index (χ3n) is 2.01.